The Morgan fingerprint density at radius 1 is 1.04 bits per heavy atom. The molecule has 0 atom stereocenters. The Labute approximate surface area is 144 Å². The maximum atomic E-state index is 12.2. The van der Waals surface area contributed by atoms with Crippen molar-refractivity contribution in [2.24, 2.45) is 0 Å². The molecule has 1 aromatic heterocycles. The lowest BCUT2D eigenvalue weighted by molar-refractivity contribution is 0.0943. The molecule has 23 heavy (non-hydrogen) atoms. The molecule has 0 aliphatic carbocycles. The van der Waals surface area contributed by atoms with Crippen LogP contribution in [0, 0.1) is 0 Å². The van der Waals surface area contributed by atoms with Crippen molar-refractivity contribution < 1.29 is 9.59 Å². The summed E-state index contributed by atoms with van der Waals surface area (Å²) in [5.74, 6) is -0.718. The minimum Gasteiger partial charge on any atom is -0.350 e. The molecule has 2 aromatic rings. The van der Waals surface area contributed by atoms with E-state index in [2.05, 4.69) is 15.6 Å². The zero-order valence-corrected chi connectivity index (χ0v) is 14.1. The average molecular weight is 352 g/mol. The fraction of sp³-hybridized carbons (Fsp3) is 0.188. The molecule has 1 aromatic carbocycles. The van der Waals surface area contributed by atoms with Gasteiger partial charge < -0.3 is 10.6 Å². The maximum Gasteiger partial charge on any atom is 0.274 e. The lowest BCUT2D eigenvalue weighted by Gasteiger charge is -2.09. The third-order valence-corrected chi connectivity index (χ3v) is 3.23. The molecule has 2 amide bonds. The van der Waals surface area contributed by atoms with Crippen molar-refractivity contribution >= 4 is 40.7 Å². The quantitative estimate of drug-likeness (QED) is 0.880. The first-order chi connectivity index (χ1) is 10.8. The van der Waals surface area contributed by atoms with Crippen LogP contribution >= 0.6 is 23.2 Å². The van der Waals surface area contributed by atoms with Crippen LogP contribution in [0.2, 0.25) is 10.0 Å². The molecule has 120 valence electrons. The molecule has 0 aliphatic heterocycles. The van der Waals surface area contributed by atoms with E-state index in [-0.39, 0.29) is 17.6 Å². The summed E-state index contributed by atoms with van der Waals surface area (Å²) in [6.45, 7) is 3.71. The minimum atomic E-state index is -0.456. The molecule has 0 saturated carbocycles. The second-order valence-corrected chi connectivity index (χ2v) is 6.04. The third-order valence-electron chi connectivity index (χ3n) is 2.79. The van der Waals surface area contributed by atoms with Crippen LogP contribution < -0.4 is 10.6 Å². The molecule has 7 heteroatoms. The average Bonchev–Trinajstić information content (AvgIpc) is 2.45. The number of carbonyl (C=O) groups excluding carboxylic acids is 2. The second kappa shape index (κ2) is 7.44. The Hall–Kier alpha value is -2.11. The molecule has 0 saturated heterocycles. The van der Waals surface area contributed by atoms with E-state index >= 15 is 0 Å². The standard InChI is InChI=1S/C16H15Cl2N3O2/c1-9(2)20-15(22)10-3-4-19-14(5-10)16(23)21-13-7-11(17)6-12(18)8-13/h3-9H,1-2H3,(H,20,22)(H,21,23). The van der Waals surface area contributed by atoms with Crippen LogP contribution in [0.25, 0.3) is 0 Å². The van der Waals surface area contributed by atoms with Crippen molar-refractivity contribution in [3.05, 3.63) is 57.8 Å². The molecular weight excluding hydrogens is 337 g/mol. The lowest BCUT2D eigenvalue weighted by atomic mass is 10.2. The minimum absolute atomic E-state index is 0.00143. The Kier molecular flexibility index (Phi) is 5.58. The molecule has 0 unspecified atom stereocenters. The lowest BCUT2D eigenvalue weighted by Crippen LogP contribution is -2.30. The van der Waals surface area contributed by atoms with Crippen LogP contribution in [0.1, 0.15) is 34.7 Å². The fourth-order valence-electron chi connectivity index (χ4n) is 1.86. The normalized spacial score (nSPS) is 10.5. The van der Waals surface area contributed by atoms with Crippen molar-refractivity contribution in [2.75, 3.05) is 5.32 Å². The van der Waals surface area contributed by atoms with Crippen LogP contribution in [-0.2, 0) is 0 Å². The molecule has 2 N–H and O–H groups in total. The summed E-state index contributed by atoms with van der Waals surface area (Å²) in [6, 6.07) is 7.68. The van der Waals surface area contributed by atoms with E-state index in [0.29, 0.717) is 21.3 Å². The van der Waals surface area contributed by atoms with Gasteiger partial charge in [-0.25, -0.2) is 0 Å². The third kappa shape index (κ3) is 4.94. The smallest absolute Gasteiger partial charge is 0.274 e. The van der Waals surface area contributed by atoms with Gasteiger partial charge >= 0.3 is 0 Å². The summed E-state index contributed by atoms with van der Waals surface area (Å²) in [4.78, 5) is 28.2. The molecule has 2 rings (SSSR count). The van der Waals surface area contributed by atoms with E-state index in [1.165, 1.54) is 12.3 Å². The number of aromatic nitrogens is 1. The molecule has 1 heterocycles. The number of nitrogens with zero attached hydrogens (tertiary/aromatic N) is 1. The van der Waals surface area contributed by atoms with Gasteiger partial charge in [-0.15, -0.1) is 0 Å². The molecule has 0 aliphatic rings. The van der Waals surface area contributed by atoms with Crippen molar-refractivity contribution in [1.82, 2.24) is 10.3 Å². The molecular formula is C16H15Cl2N3O2. The first-order valence-electron chi connectivity index (χ1n) is 6.89. The van der Waals surface area contributed by atoms with Crippen molar-refractivity contribution in [3.8, 4) is 0 Å². The van der Waals surface area contributed by atoms with Crippen LogP contribution in [0.5, 0.6) is 0 Å². The Balaban J connectivity index is 2.18. The predicted molar refractivity (Wildman–Crippen MR) is 91.3 cm³/mol. The molecule has 0 bridgehead atoms. The number of hydrogen-bond acceptors (Lipinski definition) is 3. The number of amides is 2. The van der Waals surface area contributed by atoms with Crippen LogP contribution in [-0.4, -0.2) is 22.8 Å². The van der Waals surface area contributed by atoms with Gasteiger partial charge in [0.15, 0.2) is 0 Å². The van der Waals surface area contributed by atoms with Crippen LogP contribution in [0.4, 0.5) is 5.69 Å². The highest BCUT2D eigenvalue weighted by Gasteiger charge is 2.13. The number of carbonyl (C=O) groups is 2. The second-order valence-electron chi connectivity index (χ2n) is 5.17. The summed E-state index contributed by atoms with van der Waals surface area (Å²) in [5.41, 5.74) is 0.937. The first kappa shape index (κ1) is 17.2. The Morgan fingerprint density at radius 2 is 1.70 bits per heavy atom. The summed E-state index contributed by atoms with van der Waals surface area (Å²) in [6.07, 6.45) is 1.41. The van der Waals surface area contributed by atoms with Gasteiger partial charge in [0.25, 0.3) is 11.8 Å². The number of rotatable bonds is 4. The summed E-state index contributed by atoms with van der Waals surface area (Å²) in [5, 5.41) is 6.22. The van der Waals surface area contributed by atoms with Crippen molar-refractivity contribution in [3.63, 3.8) is 0 Å². The van der Waals surface area contributed by atoms with Gasteiger partial charge in [-0.2, -0.15) is 0 Å². The first-order valence-corrected chi connectivity index (χ1v) is 7.65. The van der Waals surface area contributed by atoms with Gasteiger partial charge in [0.05, 0.1) is 0 Å². The molecule has 0 radical (unpaired) electrons. The largest absolute Gasteiger partial charge is 0.350 e. The summed E-state index contributed by atoms with van der Waals surface area (Å²) < 4.78 is 0. The monoisotopic (exact) mass is 351 g/mol. The fourth-order valence-corrected chi connectivity index (χ4v) is 2.39. The highest BCUT2D eigenvalue weighted by Crippen LogP contribution is 2.22. The SMILES string of the molecule is CC(C)NC(=O)c1ccnc(C(=O)Nc2cc(Cl)cc(Cl)c2)c1. The van der Waals surface area contributed by atoms with Gasteiger partial charge in [-0.3, -0.25) is 14.6 Å². The number of pyridine rings is 1. The number of halogens is 2. The summed E-state index contributed by atoms with van der Waals surface area (Å²) in [7, 11) is 0. The molecule has 0 fully saturated rings. The van der Waals surface area contributed by atoms with Crippen LogP contribution in [0.15, 0.2) is 36.5 Å². The molecule has 0 spiro atoms. The van der Waals surface area contributed by atoms with Crippen LogP contribution in [0.3, 0.4) is 0 Å². The van der Waals surface area contributed by atoms with Crippen molar-refractivity contribution in [2.45, 2.75) is 19.9 Å². The van der Waals surface area contributed by atoms with E-state index in [4.69, 9.17) is 23.2 Å². The Bertz CT molecular complexity index is 728. The van der Waals surface area contributed by atoms with E-state index in [0.717, 1.165) is 0 Å². The van der Waals surface area contributed by atoms with E-state index in [1.807, 2.05) is 13.8 Å². The topological polar surface area (TPSA) is 71.1 Å². The molecule has 5 nitrogen and oxygen atoms in total. The number of hydrogen-bond donors (Lipinski definition) is 2. The van der Waals surface area contributed by atoms with E-state index in [1.54, 1.807) is 24.3 Å². The zero-order valence-electron chi connectivity index (χ0n) is 12.6. The highest BCUT2D eigenvalue weighted by atomic mass is 35.5. The number of benzene rings is 1. The maximum absolute atomic E-state index is 12.2. The predicted octanol–water partition coefficient (Wildman–Crippen LogP) is 3.78. The van der Waals surface area contributed by atoms with Gasteiger partial charge in [-0.05, 0) is 44.2 Å². The van der Waals surface area contributed by atoms with Gasteiger partial charge in [0, 0.05) is 33.5 Å². The number of nitrogens with one attached hydrogen (secondary N) is 2. The van der Waals surface area contributed by atoms with Gasteiger partial charge in [0.1, 0.15) is 5.69 Å². The van der Waals surface area contributed by atoms with Crippen molar-refractivity contribution in [1.29, 1.82) is 0 Å². The van der Waals surface area contributed by atoms with E-state index < -0.39 is 5.91 Å². The Morgan fingerprint density at radius 3 is 2.30 bits per heavy atom. The van der Waals surface area contributed by atoms with Gasteiger partial charge in [-0.1, -0.05) is 23.2 Å². The zero-order chi connectivity index (χ0) is 17.0. The highest BCUT2D eigenvalue weighted by molar-refractivity contribution is 6.35. The van der Waals surface area contributed by atoms with E-state index in [9.17, 15) is 9.59 Å². The summed E-state index contributed by atoms with van der Waals surface area (Å²) >= 11 is 11.8. The van der Waals surface area contributed by atoms with Gasteiger partial charge in [0.2, 0.25) is 0 Å². The number of anilines is 1.